The molecule has 0 bridgehead atoms. The van der Waals surface area contributed by atoms with E-state index in [1.807, 2.05) is 0 Å². The average Bonchev–Trinajstić information content (AvgIpc) is 2.03. The van der Waals surface area contributed by atoms with E-state index in [2.05, 4.69) is 4.52 Å². The van der Waals surface area contributed by atoms with Crippen molar-refractivity contribution in [1.29, 1.82) is 0 Å². The summed E-state index contributed by atoms with van der Waals surface area (Å²) in [7, 11) is -2.65. The Kier molecular flexibility index (Phi) is 12.1. The molecule has 0 rings (SSSR count). The van der Waals surface area contributed by atoms with E-state index < -0.39 is 20.6 Å². The zero-order chi connectivity index (χ0) is 10.3. The lowest BCUT2D eigenvalue weighted by Crippen LogP contribution is -2.31. The summed E-state index contributed by atoms with van der Waals surface area (Å²) >= 11 is 0. The van der Waals surface area contributed by atoms with Crippen LogP contribution in [-0.2, 0) is 9.32 Å². The van der Waals surface area contributed by atoms with Gasteiger partial charge < -0.3 is 25.8 Å². The SMILES string of the molecule is NCCCC[C@H](N)C(=O)OP(O)O.[MgH2]. The summed E-state index contributed by atoms with van der Waals surface area (Å²) < 4.78 is 4.12. The van der Waals surface area contributed by atoms with Crippen molar-refractivity contribution < 1.29 is 19.1 Å². The maximum atomic E-state index is 10.9. The third-order valence-electron chi connectivity index (χ3n) is 1.44. The van der Waals surface area contributed by atoms with Crippen molar-refractivity contribution in [2.45, 2.75) is 25.3 Å². The number of hydrogen-bond donors (Lipinski definition) is 4. The van der Waals surface area contributed by atoms with E-state index in [1.54, 1.807) is 0 Å². The lowest BCUT2D eigenvalue weighted by atomic mass is 10.1. The standard InChI is InChI=1S/C6H15N2O4P.Mg.2H/c7-4-2-1-3-5(8)6(9)12-13(10)11;;;/h5,10-11H,1-4,7-8H2;;;/t5-;;;/m0.../s1. The Balaban J connectivity index is 0. The fraction of sp³-hybridized carbons (Fsp3) is 0.833. The molecule has 6 N–H and O–H groups in total. The molecular formula is C6H17MgN2O4P. The summed E-state index contributed by atoms with van der Waals surface area (Å²) in [4.78, 5) is 27.6. The van der Waals surface area contributed by atoms with Crippen LogP contribution >= 0.6 is 8.60 Å². The van der Waals surface area contributed by atoms with E-state index in [-0.39, 0.29) is 23.1 Å². The molecule has 0 aliphatic heterocycles. The number of carbonyl (C=O) groups is 1. The van der Waals surface area contributed by atoms with Gasteiger partial charge >= 0.3 is 37.6 Å². The summed E-state index contributed by atoms with van der Waals surface area (Å²) in [5, 5.41) is 0. The molecule has 82 valence electrons. The van der Waals surface area contributed by atoms with E-state index in [0.717, 1.165) is 12.8 Å². The Hall–Kier alpha value is 0.506. The molecule has 0 fully saturated rings. The smallest absolute Gasteiger partial charge is 0.393 e. The second-order valence-electron chi connectivity index (χ2n) is 2.55. The van der Waals surface area contributed by atoms with Crippen molar-refractivity contribution in [3.8, 4) is 0 Å². The monoisotopic (exact) mass is 236 g/mol. The molecule has 0 aromatic carbocycles. The van der Waals surface area contributed by atoms with Crippen LogP contribution in [0.4, 0.5) is 0 Å². The van der Waals surface area contributed by atoms with Gasteiger partial charge in [0.25, 0.3) is 0 Å². The van der Waals surface area contributed by atoms with Crippen LogP contribution in [0, 0.1) is 0 Å². The molecule has 0 aliphatic carbocycles. The Morgan fingerprint density at radius 1 is 1.43 bits per heavy atom. The van der Waals surface area contributed by atoms with Gasteiger partial charge in [0.05, 0.1) is 0 Å². The summed E-state index contributed by atoms with van der Waals surface area (Å²) in [6, 6.07) is -0.796. The van der Waals surface area contributed by atoms with Gasteiger partial charge in [-0.15, -0.1) is 0 Å². The summed E-state index contributed by atoms with van der Waals surface area (Å²) in [5.74, 6) is -0.784. The highest BCUT2D eigenvalue weighted by atomic mass is 31.2. The molecule has 0 unspecified atom stereocenters. The van der Waals surface area contributed by atoms with E-state index in [1.165, 1.54) is 0 Å². The maximum absolute atomic E-state index is 10.9. The molecule has 6 nitrogen and oxygen atoms in total. The quantitative estimate of drug-likeness (QED) is 0.247. The van der Waals surface area contributed by atoms with E-state index in [0.29, 0.717) is 13.0 Å². The normalized spacial score (nSPS) is 12.1. The molecule has 0 saturated carbocycles. The van der Waals surface area contributed by atoms with Crippen LogP contribution in [-0.4, -0.2) is 51.4 Å². The van der Waals surface area contributed by atoms with Crippen molar-refractivity contribution in [3.63, 3.8) is 0 Å². The zero-order valence-electron chi connectivity index (χ0n) is 7.22. The topological polar surface area (TPSA) is 119 Å². The Morgan fingerprint density at radius 2 is 2.00 bits per heavy atom. The van der Waals surface area contributed by atoms with Crippen LogP contribution in [0.3, 0.4) is 0 Å². The van der Waals surface area contributed by atoms with Gasteiger partial charge in [0, 0.05) is 0 Å². The highest BCUT2D eigenvalue weighted by Gasteiger charge is 2.17. The third-order valence-corrected chi connectivity index (χ3v) is 1.79. The zero-order valence-corrected chi connectivity index (χ0v) is 8.11. The van der Waals surface area contributed by atoms with E-state index in [9.17, 15) is 4.79 Å². The van der Waals surface area contributed by atoms with Crippen LogP contribution in [0.2, 0.25) is 0 Å². The highest BCUT2D eigenvalue weighted by Crippen LogP contribution is 2.25. The van der Waals surface area contributed by atoms with Gasteiger partial charge in [-0.25, -0.2) is 0 Å². The van der Waals surface area contributed by atoms with Crippen LogP contribution in [0.25, 0.3) is 0 Å². The number of unbranched alkanes of at least 4 members (excludes halogenated alkanes) is 1. The van der Waals surface area contributed by atoms with Gasteiger partial charge in [-0.2, -0.15) is 0 Å². The van der Waals surface area contributed by atoms with Gasteiger partial charge in [-0.3, -0.25) is 4.79 Å². The lowest BCUT2D eigenvalue weighted by molar-refractivity contribution is -0.136. The first kappa shape index (κ1) is 16.9. The molecule has 0 saturated heterocycles. The van der Waals surface area contributed by atoms with E-state index >= 15 is 0 Å². The first-order valence-corrected chi connectivity index (χ1v) is 5.09. The fourth-order valence-corrected chi connectivity index (χ4v) is 1.07. The average molecular weight is 236 g/mol. The molecule has 0 spiro atoms. The second kappa shape index (κ2) is 10.0. The number of hydrogen-bond acceptors (Lipinski definition) is 6. The van der Waals surface area contributed by atoms with Gasteiger partial charge in [-0.05, 0) is 19.4 Å². The minimum Gasteiger partial charge on any atom is -0.393 e. The minimum absolute atomic E-state index is 0. The Bertz CT molecular complexity index is 161. The Morgan fingerprint density at radius 3 is 2.43 bits per heavy atom. The minimum atomic E-state index is -2.65. The summed E-state index contributed by atoms with van der Waals surface area (Å²) in [6.45, 7) is 0.550. The number of nitrogens with two attached hydrogens (primary N) is 2. The second-order valence-corrected chi connectivity index (χ2v) is 3.24. The third kappa shape index (κ3) is 9.08. The predicted molar refractivity (Wildman–Crippen MR) is 56.9 cm³/mol. The number of rotatable bonds is 6. The largest absolute Gasteiger partial charge is 0.393 e. The fourth-order valence-electron chi connectivity index (χ4n) is 0.775. The first-order valence-electron chi connectivity index (χ1n) is 3.93. The molecule has 0 aromatic rings. The summed E-state index contributed by atoms with van der Waals surface area (Å²) in [5.41, 5.74) is 10.6. The van der Waals surface area contributed by atoms with Crippen molar-refractivity contribution in [2.24, 2.45) is 11.5 Å². The van der Waals surface area contributed by atoms with Gasteiger partial charge in [0.2, 0.25) is 0 Å². The van der Waals surface area contributed by atoms with Crippen molar-refractivity contribution in [3.05, 3.63) is 0 Å². The molecule has 0 aliphatic rings. The van der Waals surface area contributed by atoms with Crippen LogP contribution in [0.1, 0.15) is 19.3 Å². The molecule has 0 heterocycles. The maximum Gasteiger partial charge on any atom is 0.393 e. The van der Waals surface area contributed by atoms with Crippen LogP contribution < -0.4 is 11.5 Å². The predicted octanol–water partition coefficient (Wildman–Crippen LogP) is -1.72. The van der Waals surface area contributed by atoms with Gasteiger partial charge in [0.15, 0.2) is 0 Å². The van der Waals surface area contributed by atoms with Crippen LogP contribution in [0.15, 0.2) is 0 Å². The lowest BCUT2D eigenvalue weighted by Gasteiger charge is -2.10. The van der Waals surface area contributed by atoms with Crippen LogP contribution in [0.5, 0.6) is 0 Å². The Labute approximate surface area is 100 Å². The molecule has 0 radical (unpaired) electrons. The molecule has 8 heteroatoms. The number of carbonyl (C=O) groups excluding carboxylic acids is 1. The first-order chi connectivity index (χ1) is 6.07. The summed E-state index contributed by atoms with van der Waals surface area (Å²) in [6.07, 6.45) is 1.95. The van der Waals surface area contributed by atoms with Gasteiger partial charge in [0.1, 0.15) is 6.04 Å². The van der Waals surface area contributed by atoms with Crippen molar-refractivity contribution in [2.75, 3.05) is 6.54 Å². The molecule has 0 aromatic heterocycles. The molecule has 14 heavy (non-hydrogen) atoms. The van der Waals surface area contributed by atoms with Gasteiger partial charge in [-0.1, -0.05) is 6.42 Å². The molecular weight excluding hydrogens is 219 g/mol. The highest BCUT2D eigenvalue weighted by molar-refractivity contribution is 7.40. The molecule has 0 amide bonds. The molecule has 1 atom stereocenters. The van der Waals surface area contributed by atoms with Crippen molar-refractivity contribution in [1.82, 2.24) is 0 Å². The van der Waals surface area contributed by atoms with Crippen molar-refractivity contribution >= 4 is 37.6 Å². The van der Waals surface area contributed by atoms with E-state index in [4.69, 9.17) is 21.3 Å².